The highest BCUT2D eigenvalue weighted by Gasteiger charge is 2.32. The summed E-state index contributed by atoms with van der Waals surface area (Å²) in [6.45, 7) is -2.03. The van der Waals surface area contributed by atoms with Crippen molar-refractivity contribution in [1.29, 1.82) is 0 Å². The third kappa shape index (κ3) is 5.46. The van der Waals surface area contributed by atoms with Gasteiger partial charge >= 0.3 is 6.61 Å². The van der Waals surface area contributed by atoms with Gasteiger partial charge < -0.3 is 15.8 Å². The van der Waals surface area contributed by atoms with Crippen molar-refractivity contribution in [2.75, 3.05) is 6.54 Å². The standard InChI is InChI=1S/C17H24F2N2O2/c18-16(19)23-14-6-4-5-13(9-14)11-21-15(22)10-17(12-20)7-2-1-3-8-17/h4-6,9,16H,1-3,7-8,10-12,20H2,(H,21,22). The first kappa shape index (κ1) is 17.7. The maximum absolute atomic E-state index is 12.2. The molecule has 6 heteroatoms. The van der Waals surface area contributed by atoms with Crippen LogP contribution in [0.3, 0.4) is 0 Å². The zero-order valence-electron chi connectivity index (χ0n) is 13.2. The van der Waals surface area contributed by atoms with Crippen LogP contribution in [-0.4, -0.2) is 19.1 Å². The summed E-state index contributed by atoms with van der Waals surface area (Å²) in [5, 5.41) is 2.85. The molecule has 4 nitrogen and oxygen atoms in total. The van der Waals surface area contributed by atoms with Gasteiger partial charge in [0.25, 0.3) is 0 Å². The Kier molecular flexibility index (Phi) is 6.33. The van der Waals surface area contributed by atoms with Crippen molar-refractivity contribution < 1.29 is 18.3 Å². The Morgan fingerprint density at radius 1 is 1.30 bits per heavy atom. The van der Waals surface area contributed by atoms with Gasteiger partial charge in [-0.2, -0.15) is 8.78 Å². The molecule has 0 radical (unpaired) electrons. The van der Waals surface area contributed by atoms with E-state index in [9.17, 15) is 13.6 Å². The second-order valence-electron chi connectivity index (χ2n) is 6.24. The molecule has 1 aliphatic carbocycles. The molecular formula is C17H24F2N2O2. The first-order valence-corrected chi connectivity index (χ1v) is 8.03. The van der Waals surface area contributed by atoms with Gasteiger partial charge in [-0.05, 0) is 42.5 Å². The largest absolute Gasteiger partial charge is 0.435 e. The van der Waals surface area contributed by atoms with E-state index >= 15 is 0 Å². The minimum absolute atomic E-state index is 0.0440. The number of nitrogens with two attached hydrogens (primary N) is 1. The number of halogens is 2. The van der Waals surface area contributed by atoms with Crippen LogP contribution in [0.5, 0.6) is 5.75 Å². The molecule has 0 atom stereocenters. The van der Waals surface area contributed by atoms with Gasteiger partial charge in [-0.3, -0.25) is 4.79 Å². The number of hydrogen-bond donors (Lipinski definition) is 2. The monoisotopic (exact) mass is 326 g/mol. The molecule has 1 amide bonds. The zero-order valence-corrected chi connectivity index (χ0v) is 13.2. The molecule has 0 saturated heterocycles. The quantitative estimate of drug-likeness (QED) is 0.809. The highest BCUT2D eigenvalue weighted by Crippen LogP contribution is 2.38. The summed E-state index contributed by atoms with van der Waals surface area (Å²) in [7, 11) is 0. The van der Waals surface area contributed by atoms with Crippen LogP contribution in [0.4, 0.5) is 8.78 Å². The highest BCUT2D eigenvalue weighted by molar-refractivity contribution is 5.76. The molecule has 0 aliphatic heterocycles. The van der Waals surface area contributed by atoms with E-state index in [0.29, 0.717) is 19.5 Å². The summed E-state index contributed by atoms with van der Waals surface area (Å²) in [5.41, 5.74) is 6.54. The number of carbonyl (C=O) groups excluding carboxylic acids is 1. The lowest BCUT2D eigenvalue weighted by atomic mass is 9.71. The fourth-order valence-corrected chi connectivity index (χ4v) is 3.19. The molecule has 128 valence electrons. The topological polar surface area (TPSA) is 64.4 Å². The zero-order chi connectivity index (χ0) is 16.7. The van der Waals surface area contributed by atoms with Crippen LogP contribution in [0.2, 0.25) is 0 Å². The second-order valence-corrected chi connectivity index (χ2v) is 6.24. The number of rotatable bonds is 7. The molecule has 2 rings (SSSR count). The summed E-state index contributed by atoms with van der Waals surface area (Å²) < 4.78 is 28.8. The molecule has 23 heavy (non-hydrogen) atoms. The molecule has 1 aromatic rings. The first-order chi connectivity index (χ1) is 11.0. The number of amides is 1. The van der Waals surface area contributed by atoms with E-state index in [1.165, 1.54) is 18.6 Å². The van der Waals surface area contributed by atoms with E-state index in [4.69, 9.17) is 5.73 Å². The van der Waals surface area contributed by atoms with Crippen molar-refractivity contribution in [2.45, 2.75) is 51.7 Å². The summed E-state index contributed by atoms with van der Waals surface area (Å²) in [4.78, 5) is 12.2. The van der Waals surface area contributed by atoms with E-state index in [1.54, 1.807) is 12.1 Å². The SMILES string of the molecule is NCC1(CC(=O)NCc2cccc(OC(F)F)c2)CCCCC1. The third-order valence-electron chi connectivity index (χ3n) is 4.50. The molecule has 1 aromatic carbocycles. The van der Waals surface area contributed by atoms with Crippen LogP contribution in [0.1, 0.15) is 44.1 Å². The molecule has 1 saturated carbocycles. The van der Waals surface area contributed by atoms with E-state index in [-0.39, 0.29) is 17.1 Å². The van der Waals surface area contributed by atoms with Crippen molar-refractivity contribution in [2.24, 2.45) is 11.1 Å². The Morgan fingerprint density at radius 2 is 2.04 bits per heavy atom. The molecule has 3 N–H and O–H groups in total. The van der Waals surface area contributed by atoms with E-state index in [2.05, 4.69) is 10.1 Å². The number of carbonyl (C=O) groups is 1. The molecule has 0 unspecified atom stereocenters. The van der Waals surface area contributed by atoms with Gasteiger partial charge in [-0.15, -0.1) is 0 Å². The van der Waals surface area contributed by atoms with Gasteiger partial charge in [0.1, 0.15) is 5.75 Å². The average Bonchev–Trinajstić information content (AvgIpc) is 2.53. The summed E-state index contributed by atoms with van der Waals surface area (Å²) in [6.07, 6.45) is 5.87. The molecule has 0 bridgehead atoms. The number of benzene rings is 1. The predicted molar refractivity (Wildman–Crippen MR) is 84.1 cm³/mol. The molecule has 1 fully saturated rings. The Balaban J connectivity index is 1.86. The third-order valence-corrected chi connectivity index (χ3v) is 4.50. The molecule has 0 spiro atoms. The normalized spacial score (nSPS) is 17.0. The number of hydrogen-bond acceptors (Lipinski definition) is 3. The van der Waals surface area contributed by atoms with E-state index in [0.717, 1.165) is 31.2 Å². The summed E-state index contributed by atoms with van der Waals surface area (Å²) in [6, 6.07) is 6.36. The van der Waals surface area contributed by atoms with Crippen molar-refractivity contribution >= 4 is 5.91 Å². The Bertz CT molecular complexity index is 517. The minimum Gasteiger partial charge on any atom is -0.435 e. The van der Waals surface area contributed by atoms with Crippen molar-refractivity contribution in [3.8, 4) is 5.75 Å². The maximum Gasteiger partial charge on any atom is 0.387 e. The van der Waals surface area contributed by atoms with Crippen LogP contribution in [0.25, 0.3) is 0 Å². The van der Waals surface area contributed by atoms with Crippen LogP contribution >= 0.6 is 0 Å². The highest BCUT2D eigenvalue weighted by atomic mass is 19.3. The number of ether oxygens (including phenoxy) is 1. The smallest absolute Gasteiger partial charge is 0.387 e. The van der Waals surface area contributed by atoms with Gasteiger partial charge in [0, 0.05) is 13.0 Å². The van der Waals surface area contributed by atoms with Crippen molar-refractivity contribution in [3.05, 3.63) is 29.8 Å². The summed E-state index contributed by atoms with van der Waals surface area (Å²) in [5.74, 6) is 0.0509. The van der Waals surface area contributed by atoms with Gasteiger partial charge in [0.05, 0.1) is 0 Å². The predicted octanol–water partition coefficient (Wildman–Crippen LogP) is 3.20. The van der Waals surface area contributed by atoms with Gasteiger partial charge in [0.2, 0.25) is 5.91 Å². The fraction of sp³-hybridized carbons (Fsp3) is 0.588. The van der Waals surface area contributed by atoms with Gasteiger partial charge in [0.15, 0.2) is 0 Å². The number of nitrogens with one attached hydrogen (secondary N) is 1. The van der Waals surface area contributed by atoms with Gasteiger partial charge in [-0.1, -0.05) is 31.4 Å². The van der Waals surface area contributed by atoms with Crippen molar-refractivity contribution in [3.63, 3.8) is 0 Å². The van der Waals surface area contributed by atoms with Crippen LogP contribution < -0.4 is 15.8 Å². The molecule has 1 aliphatic rings. The lowest BCUT2D eigenvalue weighted by Gasteiger charge is -2.35. The molecule has 0 heterocycles. The molecule has 0 aromatic heterocycles. The Hall–Kier alpha value is -1.69. The first-order valence-electron chi connectivity index (χ1n) is 8.03. The summed E-state index contributed by atoms with van der Waals surface area (Å²) >= 11 is 0. The second kappa shape index (κ2) is 8.24. The van der Waals surface area contributed by atoms with Crippen LogP contribution in [-0.2, 0) is 11.3 Å². The number of alkyl halides is 2. The van der Waals surface area contributed by atoms with E-state index < -0.39 is 6.61 Å². The minimum atomic E-state index is -2.85. The van der Waals surface area contributed by atoms with Crippen LogP contribution in [0.15, 0.2) is 24.3 Å². The lowest BCUT2D eigenvalue weighted by molar-refractivity contribution is -0.124. The fourth-order valence-electron chi connectivity index (χ4n) is 3.19. The lowest BCUT2D eigenvalue weighted by Crippen LogP contribution is -2.38. The maximum atomic E-state index is 12.2. The van der Waals surface area contributed by atoms with Gasteiger partial charge in [-0.25, -0.2) is 0 Å². The average molecular weight is 326 g/mol. The Morgan fingerprint density at radius 3 is 2.70 bits per heavy atom. The molecular weight excluding hydrogens is 302 g/mol. The van der Waals surface area contributed by atoms with Crippen LogP contribution in [0, 0.1) is 5.41 Å². The van der Waals surface area contributed by atoms with Crippen molar-refractivity contribution in [1.82, 2.24) is 5.32 Å². The Labute approximate surface area is 135 Å². The van der Waals surface area contributed by atoms with E-state index in [1.807, 2.05) is 0 Å².